The minimum absolute atomic E-state index is 0.243. The average molecular weight is 490 g/mol. The molecule has 0 unspecified atom stereocenters. The topological polar surface area (TPSA) is 122 Å². The molecule has 0 aliphatic carbocycles. The quantitative estimate of drug-likeness (QED) is 0.111. The molecule has 0 bridgehead atoms. The van der Waals surface area contributed by atoms with Gasteiger partial charge in [-0.1, -0.05) is 74.8 Å². The fraction of sp³-hybridized carbons (Fsp3) is 0.607. The number of urea groups is 1. The second-order valence-corrected chi connectivity index (χ2v) is 8.58. The van der Waals surface area contributed by atoms with Crippen LogP contribution < -0.4 is 16.4 Å². The van der Waals surface area contributed by atoms with Crippen LogP contribution in [-0.2, 0) is 9.59 Å². The Labute approximate surface area is 212 Å². The molecule has 0 rings (SSSR count). The third-order valence-corrected chi connectivity index (χ3v) is 5.33. The van der Waals surface area contributed by atoms with Crippen molar-refractivity contribution >= 4 is 17.9 Å². The van der Waals surface area contributed by atoms with Gasteiger partial charge in [0.25, 0.3) is 0 Å². The second kappa shape index (κ2) is 24.3. The number of nitrogens with one attached hydrogen (secondary N) is 2. The minimum atomic E-state index is -1.07. The number of carboxylic acid groups (broad SMARTS) is 1. The highest BCUT2D eigenvalue weighted by Crippen LogP contribution is 2.06. The molecular formula is C28H47N3O4. The molecular weight excluding hydrogens is 442 g/mol. The van der Waals surface area contributed by atoms with Crippen LogP contribution in [-0.4, -0.2) is 35.6 Å². The van der Waals surface area contributed by atoms with E-state index < -0.39 is 18.0 Å². The lowest BCUT2D eigenvalue weighted by Gasteiger charge is -2.14. The molecule has 0 aliphatic rings. The molecule has 35 heavy (non-hydrogen) atoms. The number of carbonyl (C=O) groups excluding carboxylic acids is 2. The Hall–Kier alpha value is -2.83. The predicted octanol–water partition coefficient (Wildman–Crippen LogP) is 5.93. The smallest absolute Gasteiger partial charge is 0.326 e. The first kappa shape index (κ1) is 32.2. The predicted molar refractivity (Wildman–Crippen MR) is 144 cm³/mol. The number of amides is 3. The van der Waals surface area contributed by atoms with Crippen molar-refractivity contribution in [2.75, 3.05) is 6.54 Å². The van der Waals surface area contributed by atoms with Crippen LogP contribution in [0.5, 0.6) is 0 Å². The zero-order chi connectivity index (χ0) is 26.0. The highest BCUT2D eigenvalue weighted by atomic mass is 16.4. The van der Waals surface area contributed by atoms with Crippen molar-refractivity contribution < 1.29 is 19.5 Å². The Morgan fingerprint density at radius 2 is 1.31 bits per heavy atom. The number of hydrogen-bond donors (Lipinski definition) is 4. The summed E-state index contributed by atoms with van der Waals surface area (Å²) in [6.45, 7) is 2.51. The summed E-state index contributed by atoms with van der Waals surface area (Å²) in [6.07, 6.45) is 30.2. The van der Waals surface area contributed by atoms with Crippen molar-refractivity contribution in [3.63, 3.8) is 0 Å². The number of carboxylic acids is 1. The van der Waals surface area contributed by atoms with E-state index in [2.05, 4.69) is 66.2 Å². The number of rotatable bonds is 22. The molecule has 0 heterocycles. The summed E-state index contributed by atoms with van der Waals surface area (Å²) >= 11 is 0. The van der Waals surface area contributed by atoms with E-state index in [1.165, 1.54) is 25.7 Å². The van der Waals surface area contributed by atoms with E-state index >= 15 is 0 Å². The monoisotopic (exact) mass is 489 g/mol. The summed E-state index contributed by atoms with van der Waals surface area (Å²) in [6, 6.07) is -1.59. The summed E-state index contributed by atoms with van der Waals surface area (Å²) in [7, 11) is 0. The molecule has 0 saturated carbocycles. The summed E-state index contributed by atoms with van der Waals surface area (Å²) < 4.78 is 0. The molecule has 5 N–H and O–H groups in total. The van der Waals surface area contributed by atoms with E-state index in [-0.39, 0.29) is 18.9 Å². The summed E-state index contributed by atoms with van der Waals surface area (Å²) in [5.41, 5.74) is 4.96. The number of nitrogens with two attached hydrogens (primary N) is 1. The van der Waals surface area contributed by atoms with Crippen molar-refractivity contribution in [2.24, 2.45) is 5.73 Å². The van der Waals surface area contributed by atoms with Crippen molar-refractivity contribution in [1.29, 1.82) is 0 Å². The molecule has 0 spiro atoms. The van der Waals surface area contributed by atoms with Gasteiger partial charge >= 0.3 is 12.0 Å². The molecule has 1 atom stereocenters. The van der Waals surface area contributed by atoms with Crippen LogP contribution in [0.1, 0.15) is 96.8 Å². The van der Waals surface area contributed by atoms with Crippen LogP contribution in [0.4, 0.5) is 4.79 Å². The average Bonchev–Trinajstić information content (AvgIpc) is 2.82. The summed E-state index contributed by atoms with van der Waals surface area (Å²) in [4.78, 5) is 33.9. The Morgan fingerprint density at radius 1 is 0.771 bits per heavy atom. The molecule has 198 valence electrons. The fourth-order valence-corrected chi connectivity index (χ4v) is 3.33. The summed E-state index contributed by atoms with van der Waals surface area (Å²) in [5.74, 6) is -1.32. The highest BCUT2D eigenvalue weighted by molar-refractivity contribution is 5.83. The normalized spacial score (nSPS) is 12.7. The minimum Gasteiger partial charge on any atom is -0.480 e. The number of primary amides is 1. The Morgan fingerprint density at radius 3 is 1.83 bits per heavy atom. The van der Waals surface area contributed by atoms with Crippen molar-refractivity contribution in [1.82, 2.24) is 10.6 Å². The van der Waals surface area contributed by atoms with Gasteiger partial charge in [-0.15, -0.1) is 0 Å². The highest BCUT2D eigenvalue weighted by Gasteiger charge is 2.19. The number of carbonyl (C=O) groups is 3. The van der Waals surface area contributed by atoms with E-state index in [0.717, 1.165) is 44.9 Å². The zero-order valence-electron chi connectivity index (χ0n) is 21.6. The van der Waals surface area contributed by atoms with Gasteiger partial charge < -0.3 is 21.5 Å². The number of allylic oxidation sites excluding steroid dienone is 8. The molecule has 0 aliphatic heterocycles. The molecule has 0 aromatic carbocycles. The molecule has 0 fully saturated rings. The molecule has 7 heteroatoms. The van der Waals surface area contributed by atoms with Gasteiger partial charge in [0.1, 0.15) is 6.04 Å². The van der Waals surface area contributed by atoms with Gasteiger partial charge in [0, 0.05) is 13.0 Å². The molecule has 0 aromatic rings. The SMILES string of the molecule is CCCCC/C=C\C/C=C\C/C=C\C/C=C\CCCCCC(=O)N[C@@H](CCCNC(N)=O)C(=O)O. The van der Waals surface area contributed by atoms with Crippen LogP contribution in [0.15, 0.2) is 48.6 Å². The maximum atomic E-state index is 12.0. The van der Waals surface area contributed by atoms with E-state index in [9.17, 15) is 19.5 Å². The lowest BCUT2D eigenvalue weighted by molar-refractivity contribution is -0.142. The number of aliphatic carboxylic acids is 1. The van der Waals surface area contributed by atoms with Crippen molar-refractivity contribution in [3.05, 3.63) is 48.6 Å². The first-order valence-electron chi connectivity index (χ1n) is 13.1. The first-order chi connectivity index (χ1) is 17.0. The van der Waals surface area contributed by atoms with Crippen LogP contribution in [0.3, 0.4) is 0 Å². The standard InChI is InChI=1S/C28H47N3O4/c1-2-3-4-5-6-7-8-9-10-11-12-13-14-15-16-17-18-19-20-23-26(32)31-25(27(33)34)22-21-24-30-28(29)35/h6-7,9-10,12-13,15-16,25H,2-5,8,11,14,17-24H2,1H3,(H,31,32)(H,33,34)(H3,29,30,35)/b7-6-,10-9-,13-12-,16-15-/t25-/m0/s1. The first-order valence-corrected chi connectivity index (χ1v) is 13.1. The molecule has 0 aromatic heterocycles. The van der Waals surface area contributed by atoms with Gasteiger partial charge in [0.05, 0.1) is 0 Å². The molecule has 3 amide bonds. The van der Waals surface area contributed by atoms with E-state index in [0.29, 0.717) is 12.8 Å². The Bertz CT molecular complexity index is 684. The van der Waals surface area contributed by atoms with E-state index in [4.69, 9.17) is 5.73 Å². The van der Waals surface area contributed by atoms with Gasteiger partial charge in [0.2, 0.25) is 5.91 Å². The Balaban J connectivity index is 3.71. The maximum absolute atomic E-state index is 12.0. The van der Waals surface area contributed by atoms with Crippen molar-refractivity contribution in [2.45, 2.75) is 103 Å². The molecule has 0 saturated heterocycles. The van der Waals surface area contributed by atoms with Crippen LogP contribution in [0.2, 0.25) is 0 Å². The second-order valence-electron chi connectivity index (χ2n) is 8.58. The van der Waals surface area contributed by atoms with E-state index in [1.807, 2.05) is 0 Å². The van der Waals surface area contributed by atoms with Crippen molar-refractivity contribution in [3.8, 4) is 0 Å². The lowest BCUT2D eigenvalue weighted by Crippen LogP contribution is -2.41. The lowest BCUT2D eigenvalue weighted by atomic mass is 10.1. The molecule has 0 radical (unpaired) electrons. The van der Waals surface area contributed by atoms with E-state index in [1.54, 1.807) is 0 Å². The molecule has 7 nitrogen and oxygen atoms in total. The maximum Gasteiger partial charge on any atom is 0.326 e. The van der Waals surface area contributed by atoms with Gasteiger partial charge in [-0.3, -0.25) is 4.79 Å². The summed E-state index contributed by atoms with van der Waals surface area (Å²) in [5, 5.41) is 14.2. The van der Waals surface area contributed by atoms with Gasteiger partial charge in [-0.25, -0.2) is 9.59 Å². The van der Waals surface area contributed by atoms with Gasteiger partial charge in [-0.05, 0) is 64.2 Å². The van der Waals surface area contributed by atoms with Crippen LogP contribution in [0.25, 0.3) is 0 Å². The third kappa shape index (κ3) is 24.1. The van der Waals surface area contributed by atoms with Crippen LogP contribution >= 0.6 is 0 Å². The number of hydrogen-bond acceptors (Lipinski definition) is 3. The van der Waals surface area contributed by atoms with Gasteiger partial charge in [0.15, 0.2) is 0 Å². The number of unbranched alkanes of at least 4 members (excludes halogenated alkanes) is 6. The van der Waals surface area contributed by atoms with Gasteiger partial charge in [-0.2, -0.15) is 0 Å². The Kier molecular flexibility index (Phi) is 22.3. The zero-order valence-corrected chi connectivity index (χ0v) is 21.6. The largest absolute Gasteiger partial charge is 0.480 e. The van der Waals surface area contributed by atoms with Crippen LogP contribution in [0, 0.1) is 0 Å². The third-order valence-electron chi connectivity index (χ3n) is 5.33. The fourth-order valence-electron chi connectivity index (χ4n) is 3.33.